The second kappa shape index (κ2) is 9.97. The lowest BCUT2D eigenvalue weighted by molar-refractivity contribution is 0.669. The maximum atomic E-state index is 8.58. The lowest BCUT2D eigenvalue weighted by atomic mass is 10.0. The summed E-state index contributed by atoms with van der Waals surface area (Å²) in [5, 5.41) is 4.08. The summed E-state index contributed by atoms with van der Waals surface area (Å²) >= 11 is 1.74. The molecule has 0 amide bonds. The summed E-state index contributed by atoms with van der Waals surface area (Å²) < 4.78 is 92.1. The largest absolute Gasteiger partial charge is 0.456 e. The van der Waals surface area contributed by atoms with Gasteiger partial charge in [-0.3, -0.25) is 0 Å². The number of hydrogen-bond acceptors (Lipinski definition) is 5. The zero-order chi connectivity index (χ0) is 37.7. The Hall–Kier alpha value is -5.65. The molecular formula is C39H23N3OS. The van der Waals surface area contributed by atoms with Crippen molar-refractivity contribution in [3.05, 3.63) is 139 Å². The van der Waals surface area contributed by atoms with E-state index < -0.39 is 60.4 Å². The molecule has 6 aromatic carbocycles. The third-order valence-corrected chi connectivity index (χ3v) is 8.75. The molecule has 0 aliphatic heterocycles. The highest BCUT2D eigenvalue weighted by Crippen LogP contribution is 2.41. The van der Waals surface area contributed by atoms with Crippen LogP contribution in [-0.4, -0.2) is 15.0 Å². The highest BCUT2D eigenvalue weighted by molar-refractivity contribution is 7.26. The smallest absolute Gasteiger partial charge is 0.164 e. The fourth-order valence-corrected chi connectivity index (χ4v) is 6.75. The summed E-state index contributed by atoms with van der Waals surface area (Å²) in [7, 11) is 0. The Morgan fingerprint density at radius 3 is 1.75 bits per heavy atom. The van der Waals surface area contributed by atoms with Crippen molar-refractivity contribution in [1.82, 2.24) is 15.0 Å². The summed E-state index contributed by atoms with van der Waals surface area (Å²) in [6.45, 7) is 0. The molecule has 0 aliphatic carbocycles. The molecule has 0 atom stereocenters. The van der Waals surface area contributed by atoms with Gasteiger partial charge in [0.05, 0.1) is 13.7 Å². The number of hydrogen-bond donors (Lipinski definition) is 0. The molecular weight excluding hydrogens is 559 g/mol. The van der Waals surface area contributed by atoms with Crippen LogP contribution >= 0.6 is 11.3 Å². The van der Waals surface area contributed by atoms with E-state index in [0.29, 0.717) is 16.7 Å². The van der Waals surface area contributed by atoms with Gasteiger partial charge in [-0.2, -0.15) is 0 Å². The van der Waals surface area contributed by atoms with Crippen LogP contribution in [0.1, 0.15) is 13.7 Å². The van der Waals surface area contributed by atoms with Crippen molar-refractivity contribution in [2.75, 3.05) is 0 Å². The van der Waals surface area contributed by atoms with E-state index >= 15 is 0 Å². The van der Waals surface area contributed by atoms with Gasteiger partial charge in [-0.25, -0.2) is 15.0 Å². The number of furan rings is 1. The Bertz CT molecular complexity index is 2940. The van der Waals surface area contributed by atoms with Crippen LogP contribution < -0.4 is 0 Å². The first-order chi connectivity index (χ1) is 25.9. The molecule has 0 bridgehead atoms. The van der Waals surface area contributed by atoms with Crippen molar-refractivity contribution in [2.45, 2.75) is 0 Å². The second-order valence-corrected chi connectivity index (χ2v) is 11.2. The number of thiophene rings is 1. The molecule has 0 spiro atoms. The normalized spacial score (nSPS) is 14.8. The molecule has 0 N–H and O–H groups in total. The number of nitrogens with zero attached hydrogens (tertiary/aromatic N) is 3. The minimum atomic E-state index is -0.607. The van der Waals surface area contributed by atoms with Crippen molar-refractivity contribution in [3.63, 3.8) is 0 Å². The number of fused-ring (bicyclic) bond motifs is 6. The number of aromatic nitrogens is 3. The van der Waals surface area contributed by atoms with Gasteiger partial charge in [0.1, 0.15) is 11.2 Å². The quantitative estimate of drug-likeness (QED) is 0.204. The molecule has 3 aromatic heterocycles. The van der Waals surface area contributed by atoms with Crippen molar-refractivity contribution in [2.24, 2.45) is 0 Å². The lowest BCUT2D eigenvalue weighted by Crippen LogP contribution is -2.00. The van der Waals surface area contributed by atoms with Gasteiger partial charge in [0.15, 0.2) is 17.5 Å². The summed E-state index contributed by atoms with van der Waals surface area (Å²) in [5.74, 6) is -0.694. The monoisotopic (exact) mass is 591 g/mol. The lowest BCUT2D eigenvalue weighted by Gasteiger charge is -2.08. The molecule has 0 aliphatic rings. The molecule has 206 valence electrons. The van der Waals surface area contributed by atoms with Crippen molar-refractivity contribution < 1.29 is 18.1 Å². The Balaban J connectivity index is 1.23. The summed E-state index contributed by atoms with van der Waals surface area (Å²) in [6.07, 6.45) is 0. The molecule has 4 nitrogen and oxygen atoms in total. The van der Waals surface area contributed by atoms with E-state index in [1.54, 1.807) is 23.5 Å². The number of benzene rings is 6. The second-order valence-electron chi connectivity index (χ2n) is 10.1. The first-order valence-electron chi connectivity index (χ1n) is 18.7. The first-order valence-corrected chi connectivity index (χ1v) is 14.5. The average molecular weight is 592 g/mol. The van der Waals surface area contributed by atoms with Crippen LogP contribution in [0, 0.1) is 0 Å². The molecule has 0 saturated carbocycles. The van der Waals surface area contributed by atoms with Gasteiger partial charge in [-0.15, -0.1) is 11.3 Å². The van der Waals surface area contributed by atoms with Gasteiger partial charge >= 0.3 is 0 Å². The van der Waals surface area contributed by atoms with Crippen molar-refractivity contribution in [1.29, 1.82) is 0 Å². The Morgan fingerprint density at radius 1 is 0.500 bits per heavy atom. The minimum absolute atomic E-state index is 0.0342. The fraction of sp³-hybridized carbons (Fsp3) is 0. The molecule has 0 saturated heterocycles. The van der Waals surface area contributed by atoms with Gasteiger partial charge in [0, 0.05) is 47.6 Å². The average Bonchev–Trinajstić information content (AvgIpc) is 3.75. The third-order valence-electron chi connectivity index (χ3n) is 7.53. The third kappa shape index (κ3) is 4.09. The topological polar surface area (TPSA) is 51.8 Å². The summed E-state index contributed by atoms with van der Waals surface area (Å²) in [6, 6.07) is 20.0. The summed E-state index contributed by atoms with van der Waals surface area (Å²) in [5.41, 5.74) is 2.95. The Kier molecular flexibility index (Phi) is 3.82. The van der Waals surface area contributed by atoms with Crippen molar-refractivity contribution >= 4 is 53.4 Å². The molecule has 5 heteroatoms. The van der Waals surface area contributed by atoms with Gasteiger partial charge in [0.25, 0.3) is 0 Å². The van der Waals surface area contributed by atoms with E-state index in [-0.39, 0.29) is 28.6 Å². The zero-order valence-corrected chi connectivity index (χ0v) is 23.5. The number of rotatable bonds is 4. The first kappa shape index (κ1) is 16.8. The van der Waals surface area contributed by atoms with E-state index in [1.165, 1.54) is 20.2 Å². The Labute approximate surface area is 271 Å². The summed E-state index contributed by atoms with van der Waals surface area (Å²) in [4.78, 5) is 13.4. The molecule has 0 fully saturated rings. The van der Waals surface area contributed by atoms with Gasteiger partial charge in [-0.1, -0.05) is 109 Å². The molecule has 9 rings (SSSR count). The van der Waals surface area contributed by atoms with Crippen LogP contribution in [0.3, 0.4) is 0 Å². The maximum absolute atomic E-state index is 8.58. The SMILES string of the molecule is [2H]c1c([2H])c([2H])c(-c2nc(-c3ccc4c(c3)oc3cc(-c5cccc6c5sc5ccccc56)ccc34)nc(-c3c([2H])c([2H])c([2H])c([2H])c3[2H])n2)c([2H])c1[2H]. The predicted molar refractivity (Wildman–Crippen MR) is 182 cm³/mol. The van der Waals surface area contributed by atoms with Gasteiger partial charge in [-0.05, 0) is 41.5 Å². The highest BCUT2D eigenvalue weighted by Gasteiger charge is 2.16. The Morgan fingerprint density at radius 2 is 1.07 bits per heavy atom. The van der Waals surface area contributed by atoms with Crippen LogP contribution in [0.2, 0.25) is 0 Å². The molecule has 44 heavy (non-hydrogen) atoms. The maximum Gasteiger partial charge on any atom is 0.164 e. The van der Waals surface area contributed by atoms with Crippen molar-refractivity contribution in [3.8, 4) is 45.3 Å². The molecule has 3 heterocycles. The van der Waals surface area contributed by atoms with Crippen LogP contribution in [0.25, 0.3) is 87.4 Å². The molecule has 0 unspecified atom stereocenters. The van der Waals surface area contributed by atoms with E-state index in [1.807, 2.05) is 30.3 Å². The van der Waals surface area contributed by atoms with E-state index in [2.05, 4.69) is 51.4 Å². The van der Waals surface area contributed by atoms with Crippen LogP contribution in [-0.2, 0) is 0 Å². The van der Waals surface area contributed by atoms with Crippen LogP contribution in [0.4, 0.5) is 0 Å². The van der Waals surface area contributed by atoms with Gasteiger partial charge < -0.3 is 4.42 Å². The van der Waals surface area contributed by atoms with E-state index in [9.17, 15) is 0 Å². The molecule has 0 radical (unpaired) electrons. The zero-order valence-electron chi connectivity index (χ0n) is 32.7. The highest BCUT2D eigenvalue weighted by atomic mass is 32.1. The fourth-order valence-electron chi connectivity index (χ4n) is 5.51. The standard InChI is InChI=1S/C39H23N3OS/c1-3-10-24(11-4-1)37-40-38(25-12-5-2-6-13-25)42-39(41-37)27-19-21-30-29-20-18-26(22-33(29)43-34(30)23-27)28-15-9-16-32-31-14-7-8-17-35(31)44-36(28)32/h1-23H/i1D,2D,3D,4D,5D,6D,10D,11D,12D,13D. The van der Waals surface area contributed by atoms with Crippen LogP contribution in [0.15, 0.2) is 144 Å². The molecule has 9 aromatic rings. The van der Waals surface area contributed by atoms with E-state index in [0.717, 1.165) is 21.9 Å². The predicted octanol–water partition coefficient (Wildman–Crippen LogP) is 10.8. The van der Waals surface area contributed by atoms with Crippen LogP contribution in [0.5, 0.6) is 0 Å². The van der Waals surface area contributed by atoms with Gasteiger partial charge in [0.2, 0.25) is 0 Å². The van der Waals surface area contributed by atoms with E-state index in [4.69, 9.17) is 18.1 Å². The minimum Gasteiger partial charge on any atom is -0.456 e.